The van der Waals surface area contributed by atoms with Crippen molar-refractivity contribution in [3.05, 3.63) is 36.2 Å². The van der Waals surface area contributed by atoms with Gasteiger partial charge in [0.1, 0.15) is 0 Å². The maximum absolute atomic E-state index is 9.59. The average molecular weight is 287 g/mol. The van der Waals surface area contributed by atoms with Crippen molar-refractivity contribution in [2.45, 2.75) is 32.4 Å². The summed E-state index contributed by atoms with van der Waals surface area (Å²) < 4.78 is 5.34. The predicted molar refractivity (Wildman–Crippen MR) is 79.4 cm³/mol. The first kappa shape index (κ1) is 14.2. The van der Waals surface area contributed by atoms with Gasteiger partial charge in [-0.2, -0.15) is 4.98 Å². The lowest BCUT2D eigenvalue weighted by atomic mass is 9.91. The number of aliphatic hydroxyl groups excluding tert-OH is 1. The molecule has 0 spiro atoms. The molecule has 0 amide bonds. The van der Waals surface area contributed by atoms with Crippen molar-refractivity contribution in [2.75, 3.05) is 13.2 Å². The topological polar surface area (TPSA) is 62.4 Å². The molecule has 0 aliphatic carbocycles. The number of hydrogen-bond donors (Lipinski definition) is 1. The Hall–Kier alpha value is -1.72. The van der Waals surface area contributed by atoms with Gasteiger partial charge in [0, 0.05) is 11.6 Å². The molecule has 1 aliphatic rings. The van der Waals surface area contributed by atoms with Crippen LogP contribution in [-0.4, -0.2) is 39.3 Å². The van der Waals surface area contributed by atoms with Gasteiger partial charge in [-0.1, -0.05) is 30.3 Å². The van der Waals surface area contributed by atoms with E-state index < -0.39 is 0 Å². The number of aromatic nitrogens is 2. The molecule has 5 nitrogen and oxygen atoms in total. The first-order chi connectivity index (χ1) is 10.3. The van der Waals surface area contributed by atoms with Gasteiger partial charge < -0.3 is 9.63 Å². The lowest BCUT2D eigenvalue weighted by molar-refractivity contribution is 0.0449. The van der Waals surface area contributed by atoms with Gasteiger partial charge in [0.25, 0.3) is 5.89 Å². The fourth-order valence-corrected chi connectivity index (χ4v) is 3.02. The van der Waals surface area contributed by atoms with Gasteiger partial charge in [0.05, 0.1) is 13.2 Å². The van der Waals surface area contributed by atoms with Crippen LogP contribution in [0.3, 0.4) is 0 Å². The van der Waals surface area contributed by atoms with E-state index in [0.29, 0.717) is 24.2 Å². The minimum atomic E-state index is 0.185. The van der Waals surface area contributed by atoms with Crippen molar-refractivity contribution >= 4 is 0 Å². The second-order valence-electron chi connectivity index (χ2n) is 5.72. The summed E-state index contributed by atoms with van der Waals surface area (Å²) in [6.07, 6.45) is 2.32. The highest BCUT2D eigenvalue weighted by molar-refractivity contribution is 5.51. The Labute approximate surface area is 124 Å². The van der Waals surface area contributed by atoms with Crippen LogP contribution in [0.15, 0.2) is 34.9 Å². The van der Waals surface area contributed by atoms with Gasteiger partial charge in [0.15, 0.2) is 5.82 Å². The Morgan fingerprint density at radius 1 is 1.33 bits per heavy atom. The third kappa shape index (κ3) is 3.14. The molecule has 1 fully saturated rings. The van der Waals surface area contributed by atoms with Crippen LogP contribution in [0, 0.1) is 5.92 Å². The van der Waals surface area contributed by atoms with Gasteiger partial charge in [-0.15, -0.1) is 0 Å². The molecular formula is C16H21N3O2. The summed E-state index contributed by atoms with van der Waals surface area (Å²) in [5.41, 5.74) is 0.932. The number of aliphatic hydroxyl groups is 1. The van der Waals surface area contributed by atoms with Crippen LogP contribution in [0.4, 0.5) is 0 Å². The molecular weight excluding hydrogens is 266 g/mol. The molecule has 0 bridgehead atoms. The fraction of sp³-hybridized carbons (Fsp3) is 0.500. The molecule has 5 heteroatoms. The SMILES string of the molecule is CC1CCCN(Cc2noc(-c3ccccc3)n2)C1CO. The summed E-state index contributed by atoms with van der Waals surface area (Å²) in [7, 11) is 0. The lowest BCUT2D eigenvalue weighted by Gasteiger charge is -2.38. The fourth-order valence-electron chi connectivity index (χ4n) is 3.02. The third-order valence-electron chi connectivity index (χ3n) is 4.25. The lowest BCUT2D eigenvalue weighted by Crippen LogP contribution is -2.46. The molecule has 2 aromatic rings. The summed E-state index contributed by atoms with van der Waals surface area (Å²) in [5.74, 6) is 1.74. The number of nitrogens with zero attached hydrogens (tertiary/aromatic N) is 3. The van der Waals surface area contributed by atoms with Gasteiger partial charge in [-0.05, 0) is 37.4 Å². The highest BCUT2D eigenvalue weighted by Crippen LogP contribution is 2.24. The van der Waals surface area contributed by atoms with Crippen molar-refractivity contribution in [3.8, 4) is 11.5 Å². The zero-order valence-corrected chi connectivity index (χ0v) is 12.3. The first-order valence-corrected chi connectivity index (χ1v) is 7.51. The van der Waals surface area contributed by atoms with Crippen molar-refractivity contribution in [1.82, 2.24) is 15.0 Å². The van der Waals surface area contributed by atoms with E-state index in [1.165, 1.54) is 6.42 Å². The van der Waals surface area contributed by atoms with Crippen LogP contribution in [0.1, 0.15) is 25.6 Å². The molecule has 1 aliphatic heterocycles. The van der Waals surface area contributed by atoms with Crippen LogP contribution >= 0.6 is 0 Å². The number of piperidine rings is 1. The molecule has 2 atom stereocenters. The molecule has 1 saturated heterocycles. The number of rotatable bonds is 4. The quantitative estimate of drug-likeness (QED) is 0.935. The second-order valence-corrected chi connectivity index (χ2v) is 5.72. The van der Waals surface area contributed by atoms with E-state index >= 15 is 0 Å². The van der Waals surface area contributed by atoms with Crippen LogP contribution in [0.5, 0.6) is 0 Å². The van der Waals surface area contributed by atoms with Crippen molar-refractivity contribution in [1.29, 1.82) is 0 Å². The zero-order valence-electron chi connectivity index (χ0n) is 12.3. The Kier molecular flexibility index (Phi) is 4.31. The Bertz CT molecular complexity index is 570. The monoisotopic (exact) mass is 287 g/mol. The Morgan fingerprint density at radius 3 is 2.90 bits per heavy atom. The van der Waals surface area contributed by atoms with Crippen LogP contribution < -0.4 is 0 Å². The molecule has 21 heavy (non-hydrogen) atoms. The maximum Gasteiger partial charge on any atom is 0.257 e. The van der Waals surface area contributed by atoms with E-state index in [9.17, 15) is 5.11 Å². The molecule has 0 radical (unpaired) electrons. The minimum absolute atomic E-state index is 0.185. The standard InChI is InChI=1S/C16H21N3O2/c1-12-6-5-9-19(14(12)11-20)10-15-17-16(21-18-15)13-7-3-2-4-8-13/h2-4,7-8,12,14,20H,5-6,9-11H2,1H3. The van der Waals surface area contributed by atoms with Crippen molar-refractivity contribution in [3.63, 3.8) is 0 Å². The predicted octanol–water partition coefficient (Wildman–Crippen LogP) is 2.33. The van der Waals surface area contributed by atoms with E-state index in [0.717, 1.165) is 18.5 Å². The molecule has 2 heterocycles. The van der Waals surface area contributed by atoms with E-state index in [1.807, 2.05) is 30.3 Å². The molecule has 1 aromatic heterocycles. The number of likely N-dealkylation sites (tertiary alicyclic amines) is 1. The molecule has 2 unspecified atom stereocenters. The first-order valence-electron chi connectivity index (χ1n) is 7.51. The smallest absolute Gasteiger partial charge is 0.257 e. The molecule has 112 valence electrons. The highest BCUT2D eigenvalue weighted by atomic mass is 16.5. The molecule has 0 saturated carbocycles. The average Bonchev–Trinajstić information content (AvgIpc) is 2.97. The van der Waals surface area contributed by atoms with E-state index in [4.69, 9.17) is 4.52 Å². The molecule has 1 N–H and O–H groups in total. The van der Waals surface area contributed by atoms with Crippen LogP contribution in [0.2, 0.25) is 0 Å². The number of benzene rings is 1. The molecule has 1 aromatic carbocycles. The number of hydrogen-bond acceptors (Lipinski definition) is 5. The maximum atomic E-state index is 9.59. The Morgan fingerprint density at radius 2 is 2.14 bits per heavy atom. The molecule has 3 rings (SSSR count). The summed E-state index contributed by atoms with van der Waals surface area (Å²) in [5, 5.41) is 13.7. The zero-order chi connectivity index (χ0) is 14.7. The van der Waals surface area contributed by atoms with Gasteiger partial charge in [0.2, 0.25) is 0 Å². The normalized spacial score (nSPS) is 23.3. The van der Waals surface area contributed by atoms with E-state index in [2.05, 4.69) is 22.0 Å². The third-order valence-corrected chi connectivity index (χ3v) is 4.25. The van der Waals surface area contributed by atoms with E-state index in [1.54, 1.807) is 0 Å². The minimum Gasteiger partial charge on any atom is -0.395 e. The summed E-state index contributed by atoms with van der Waals surface area (Å²) in [4.78, 5) is 6.73. The Balaban J connectivity index is 1.72. The highest BCUT2D eigenvalue weighted by Gasteiger charge is 2.28. The van der Waals surface area contributed by atoms with Crippen LogP contribution in [-0.2, 0) is 6.54 Å². The van der Waals surface area contributed by atoms with E-state index in [-0.39, 0.29) is 12.6 Å². The van der Waals surface area contributed by atoms with Crippen LogP contribution in [0.25, 0.3) is 11.5 Å². The van der Waals surface area contributed by atoms with Gasteiger partial charge >= 0.3 is 0 Å². The van der Waals surface area contributed by atoms with Gasteiger partial charge in [-0.3, -0.25) is 4.90 Å². The summed E-state index contributed by atoms with van der Waals surface area (Å²) >= 11 is 0. The second kappa shape index (κ2) is 6.37. The largest absolute Gasteiger partial charge is 0.395 e. The van der Waals surface area contributed by atoms with Crippen molar-refractivity contribution in [2.24, 2.45) is 5.92 Å². The summed E-state index contributed by atoms with van der Waals surface area (Å²) in [6, 6.07) is 9.97. The van der Waals surface area contributed by atoms with Crippen molar-refractivity contribution < 1.29 is 9.63 Å². The van der Waals surface area contributed by atoms with Gasteiger partial charge in [-0.25, -0.2) is 0 Å². The summed E-state index contributed by atoms with van der Waals surface area (Å²) in [6.45, 7) is 3.99.